The largest absolute Gasteiger partial charge is 0.374 e. The summed E-state index contributed by atoms with van der Waals surface area (Å²) in [5.41, 5.74) is 1.38. The summed E-state index contributed by atoms with van der Waals surface area (Å²) >= 11 is 1.92. The van der Waals surface area contributed by atoms with Crippen LogP contribution in [0.2, 0.25) is 0 Å². The second-order valence-electron chi connectivity index (χ2n) is 7.00. The van der Waals surface area contributed by atoms with E-state index in [0.29, 0.717) is 11.8 Å². The van der Waals surface area contributed by atoms with E-state index < -0.39 is 0 Å². The van der Waals surface area contributed by atoms with Crippen molar-refractivity contribution in [1.29, 1.82) is 0 Å². The van der Waals surface area contributed by atoms with Gasteiger partial charge < -0.3 is 10.1 Å². The van der Waals surface area contributed by atoms with Crippen LogP contribution in [0.15, 0.2) is 0 Å². The van der Waals surface area contributed by atoms with Crippen molar-refractivity contribution in [2.45, 2.75) is 58.0 Å². The summed E-state index contributed by atoms with van der Waals surface area (Å²) in [7, 11) is 1.84. The third-order valence-electron chi connectivity index (χ3n) is 4.58. The number of thiazole rings is 1. The van der Waals surface area contributed by atoms with Gasteiger partial charge in [-0.1, -0.05) is 13.8 Å². The molecule has 0 amide bonds. The fourth-order valence-electron chi connectivity index (χ4n) is 3.29. The van der Waals surface area contributed by atoms with Gasteiger partial charge in [0.2, 0.25) is 0 Å². The van der Waals surface area contributed by atoms with Gasteiger partial charge in [-0.05, 0) is 50.5 Å². The van der Waals surface area contributed by atoms with Crippen LogP contribution in [0.1, 0.15) is 67.1 Å². The summed E-state index contributed by atoms with van der Waals surface area (Å²) in [5, 5.41) is 4.85. The van der Waals surface area contributed by atoms with E-state index in [9.17, 15) is 0 Å². The van der Waals surface area contributed by atoms with E-state index in [4.69, 9.17) is 9.72 Å². The predicted molar refractivity (Wildman–Crippen MR) is 88.0 cm³/mol. The minimum Gasteiger partial charge on any atom is -0.374 e. The lowest BCUT2D eigenvalue weighted by Gasteiger charge is -2.22. The molecule has 1 aromatic rings. The molecule has 2 aliphatic carbocycles. The lowest BCUT2D eigenvalue weighted by atomic mass is 9.91. The van der Waals surface area contributed by atoms with E-state index in [2.05, 4.69) is 19.2 Å². The Hall–Kier alpha value is -0.450. The highest BCUT2D eigenvalue weighted by atomic mass is 32.1. The number of aryl methyl sites for hydroxylation is 1. The summed E-state index contributed by atoms with van der Waals surface area (Å²) < 4.78 is 5.72. The van der Waals surface area contributed by atoms with Gasteiger partial charge in [-0.2, -0.15) is 0 Å². The Morgan fingerprint density at radius 2 is 2.14 bits per heavy atom. The molecular weight excluding hydrogens is 280 g/mol. The molecule has 118 valence electrons. The number of ether oxygens (including phenoxy) is 1. The van der Waals surface area contributed by atoms with Crippen LogP contribution in [0, 0.1) is 11.8 Å². The highest BCUT2D eigenvalue weighted by molar-refractivity contribution is 7.11. The third kappa shape index (κ3) is 3.66. The number of methoxy groups -OCH3 is 1. The zero-order valence-electron chi connectivity index (χ0n) is 13.5. The maximum Gasteiger partial charge on any atom is 0.122 e. The summed E-state index contributed by atoms with van der Waals surface area (Å²) in [5.74, 6) is 2.04. The number of fused-ring (bicyclic) bond motifs is 1. The van der Waals surface area contributed by atoms with Crippen LogP contribution >= 0.6 is 11.3 Å². The minimum absolute atomic E-state index is 0.255. The normalized spacial score (nSPS) is 23.3. The molecule has 0 bridgehead atoms. The predicted octanol–water partition coefficient (Wildman–Crippen LogP) is 3.91. The summed E-state index contributed by atoms with van der Waals surface area (Å²) in [6.07, 6.45) is 6.68. The smallest absolute Gasteiger partial charge is 0.122 e. The average molecular weight is 308 g/mol. The molecule has 21 heavy (non-hydrogen) atoms. The van der Waals surface area contributed by atoms with Gasteiger partial charge in [0.25, 0.3) is 0 Å². The number of aromatic nitrogens is 1. The fourth-order valence-corrected chi connectivity index (χ4v) is 4.65. The number of nitrogens with one attached hydrogen (secondary N) is 1. The molecule has 3 rings (SSSR count). The highest BCUT2D eigenvalue weighted by Crippen LogP contribution is 2.46. The first-order chi connectivity index (χ1) is 10.2. The Bertz CT molecular complexity index is 467. The topological polar surface area (TPSA) is 34.1 Å². The van der Waals surface area contributed by atoms with Gasteiger partial charge in [0.05, 0.1) is 5.69 Å². The maximum absolute atomic E-state index is 5.72. The van der Waals surface area contributed by atoms with Crippen LogP contribution in [-0.4, -0.2) is 25.2 Å². The quantitative estimate of drug-likeness (QED) is 0.829. The van der Waals surface area contributed by atoms with Crippen molar-refractivity contribution >= 4 is 11.3 Å². The summed E-state index contributed by atoms with van der Waals surface area (Å²) in [4.78, 5) is 6.54. The van der Waals surface area contributed by atoms with Crippen molar-refractivity contribution in [3.63, 3.8) is 0 Å². The van der Waals surface area contributed by atoms with Crippen LogP contribution in [0.25, 0.3) is 0 Å². The van der Waals surface area contributed by atoms with E-state index in [1.807, 2.05) is 18.4 Å². The first kappa shape index (κ1) is 15.4. The molecule has 1 N–H and O–H groups in total. The first-order valence-electron chi connectivity index (χ1n) is 8.42. The number of nitrogens with zero attached hydrogens (tertiary/aromatic N) is 1. The van der Waals surface area contributed by atoms with Crippen molar-refractivity contribution in [1.82, 2.24) is 10.3 Å². The lowest BCUT2D eigenvalue weighted by Crippen LogP contribution is -2.27. The molecule has 4 heteroatoms. The summed E-state index contributed by atoms with van der Waals surface area (Å²) in [6.45, 7) is 6.71. The highest BCUT2D eigenvalue weighted by Gasteiger charge is 2.36. The zero-order valence-corrected chi connectivity index (χ0v) is 14.3. The van der Waals surface area contributed by atoms with Gasteiger partial charge in [-0.25, -0.2) is 4.98 Å². The Labute approximate surface area is 132 Å². The SMILES string of the molecule is COC(c1nc2c(s1)CCCC2CNCC(C)C)C1CC1. The number of rotatable bonds is 7. The van der Waals surface area contributed by atoms with Gasteiger partial charge in [-0.3, -0.25) is 0 Å². The molecule has 0 saturated heterocycles. The van der Waals surface area contributed by atoms with Gasteiger partial charge in [0, 0.05) is 24.4 Å². The van der Waals surface area contributed by atoms with Crippen LogP contribution < -0.4 is 5.32 Å². The average Bonchev–Trinajstić information content (AvgIpc) is 3.18. The molecule has 2 atom stereocenters. The van der Waals surface area contributed by atoms with Gasteiger partial charge in [0.15, 0.2) is 0 Å². The van der Waals surface area contributed by atoms with Crippen molar-refractivity contribution in [2.75, 3.05) is 20.2 Å². The van der Waals surface area contributed by atoms with E-state index in [0.717, 1.165) is 19.0 Å². The van der Waals surface area contributed by atoms with Crippen LogP contribution in [0.5, 0.6) is 0 Å². The standard InChI is InChI=1S/C17H28N2OS/c1-11(2)9-18-10-13-5-4-6-14-15(13)19-17(21-14)16(20-3)12-7-8-12/h11-13,16,18H,4-10H2,1-3H3. The van der Waals surface area contributed by atoms with Gasteiger partial charge in [0.1, 0.15) is 11.1 Å². The van der Waals surface area contributed by atoms with Gasteiger partial charge in [-0.15, -0.1) is 11.3 Å². The Morgan fingerprint density at radius 1 is 1.33 bits per heavy atom. The molecule has 1 saturated carbocycles. The van der Waals surface area contributed by atoms with E-state index in [1.54, 1.807) is 0 Å². The monoisotopic (exact) mass is 308 g/mol. The molecule has 0 aromatic carbocycles. The van der Waals surface area contributed by atoms with Crippen LogP contribution in [-0.2, 0) is 11.2 Å². The molecule has 0 spiro atoms. The first-order valence-corrected chi connectivity index (χ1v) is 9.23. The Morgan fingerprint density at radius 3 is 2.81 bits per heavy atom. The number of hydrogen-bond donors (Lipinski definition) is 1. The molecule has 3 nitrogen and oxygen atoms in total. The zero-order chi connectivity index (χ0) is 14.8. The molecule has 2 unspecified atom stereocenters. The molecule has 0 aliphatic heterocycles. The molecule has 1 aromatic heterocycles. The summed E-state index contributed by atoms with van der Waals surface area (Å²) in [6, 6.07) is 0. The Kier molecular flexibility index (Phi) is 4.97. The number of hydrogen-bond acceptors (Lipinski definition) is 4. The maximum atomic E-state index is 5.72. The Balaban J connectivity index is 1.70. The van der Waals surface area contributed by atoms with Crippen molar-refractivity contribution in [3.8, 4) is 0 Å². The van der Waals surface area contributed by atoms with Crippen LogP contribution in [0.3, 0.4) is 0 Å². The molecule has 1 fully saturated rings. The minimum atomic E-state index is 0.255. The molecular formula is C17H28N2OS. The second kappa shape index (κ2) is 6.76. The fraction of sp³-hybridized carbons (Fsp3) is 0.824. The van der Waals surface area contributed by atoms with Gasteiger partial charge >= 0.3 is 0 Å². The molecule has 0 radical (unpaired) electrons. The van der Waals surface area contributed by atoms with Crippen molar-refractivity contribution in [2.24, 2.45) is 11.8 Å². The van der Waals surface area contributed by atoms with Crippen molar-refractivity contribution in [3.05, 3.63) is 15.6 Å². The molecule has 2 aliphatic rings. The third-order valence-corrected chi connectivity index (χ3v) is 5.77. The lowest BCUT2D eigenvalue weighted by molar-refractivity contribution is 0.0842. The van der Waals surface area contributed by atoms with E-state index >= 15 is 0 Å². The second-order valence-corrected chi connectivity index (χ2v) is 8.11. The van der Waals surface area contributed by atoms with Crippen LogP contribution in [0.4, 0.5) is 0 Å². The van der Waals surface area contributed by atoms with E-state index in [1.165, 1.54) is 47.7 Å². The van der Waals surface area contributed by atoms with Crippen molar-refractivity contribution < 1.29 is 4.74 Å². The van der Waals surface area contributed by atoms with E-state index in [-0.39, 0.29) is 6.10 Å². The molecule has 1 heterocycles.